The SMILES string of the molecule is CC1=[C-]CC(C(C)(C)C)=C1[Si](C)(C)C1=C(C(C)(C)C)C[C-]=C1C.[Cl-].[Cl-].[Hf+4]. The van der Waals surface area contributed by atoms with Crippen LogP contribution in [-0.4, -0.2) is 8.07 Å². The van der Waals surface area contributed by atoms with Crippen LogP contribution in [0.2, 0.25) is 13.1 Å². The van der Waals surface area contributed by atoms with E-state index in [-0.39, 0.29) is 61.5 Å². The number of hydrogen-bond donors (Lipinski definition) is 0. The first-order chi connectivity index (χ1) is 10.3. The Morgan fingerprint density at radius 2 is 0.962 bits per heavy atom. The second-order valence-corrected chi connectivity index (χ2v) is 14.0. The fourth-order valence-electron chi connectivity index (χ4n) is 4.35. The Hall–Kier alpha value is 0.627. The first kappa shape index (κ1) is 28.8. The third kappa shape index (κ3) is 5.36. The maximum absolute atomic E-state index is 3.65. The zero-order chi connectivity index (χ0) is 17.8. The molecule has 0 fully saturated rings. The summed E-state index contributed by atoms with van der Waals surface area (Å²) in [5, 5.41) is 3.31. The molecule has 0 aromatic rings. The quantitative estimate of drug-likeness (QED) is 0.337. The first-order valence-corrected chi connectivity index (χ1v) is 11.9. The molecular formula is C22H34Cl2HfSi. The molecule has 144 valence electrons. The molecule has 2 aliphatic rings. The van der Waals surface area contributed by atoms with Crippen molar-refractivity contribution >= 4 is 8.07 Å². The largest absolute Gasteiger partial charge is 4.00 e. The van der Waals surface area contributed by atoms with E-state index in [0.29, 0.717) is 0 Å². The fourth-order valence-corrected chi connectivity index (χ4v) is 9.08. The van der Waals surface area contributed by atoms with Gasteiger partial charge in [0.2, 0.25) is 0 Å². The number of allylic oxidation sites excluding steroid dienone is 8. The van der Waals surface area contributed by atoms with Gasteiger partial charge >= 0.3 is 25.8 Å². The predicted molar refractivity (Wildman–Crippen MR) is 105 cm³/mol. The van der Waals surface area contributed by atoms with Gasteiger partial charge in [0.25, 0.3) is 0 Å². The van der Waals surface area contributed by atoms with E-state index >= 15 is 0 Å². The van der Waals surface area contributed by atoms with Crippen LogP contribution in [0, 0.1) is 23.0 Å². The van der Waals surface area contributed by atoms with Gasteiger partial charge in [-0.3, -0.25) is 12.2 Å². The second kappa shape index (κ2) is 9.42. The van der Waals surface area contributed by atoms with Gasteiger partial charge in [-0.25, -0.2) is 21.5 Å². The average Bonchev–Trinajstić information content (AvgIpc) is 2.91. The molecule has 0 nitrogen and oxygen atoms in total. The molecule has 4 heteroatoms. The van der Waals surface area contributed by atoms with Crippen LogP contribution in [0.1, 0.15) is 68.2 Å². The van der Waals surface area contributed by atoms with Crippen molar-refractivity contribution in [3.63, 3.8) is 0 Å². The molecule has 0 unspecified atom stereocenters. The summed E-state index contributed by atoms with van der Waals surface area (Å²) in [6, 6.07) is 0. The molecule has 0 N–H and O–H groups in total. The Labute approximate surface area is 194 Å². The van der Waals surface area contributed by atoms with Crippen molar-refractivity contribution in [2.45, 2.75) is 81.3 Å². The van der Waals surface area contributed by atoms with Gasteiger partial charge in [-0.15, -0.1) is 12.8 Å². The van der Waals surface area contributed by atoms with Crippen LogP contribution in [0.3, 0.4) is 0 Å². The van der Waals surface area contributed by atoms with Crippen LogP contribution in [0.15, 0.2) is 32.7 Å². The van der Waals surface area contributed by atoms with E-state index in [0.717, 1.165) is 12.8 Å². The van der Waals surface area contributed by atoms with Gasteiger partial charge in [-0.1, -0.05) is 76.6 Å². The van der Waals surface area contributed by atoms with Crippen LogP contribution in [0.4, 0.5) is 0 Å². The zero-order valence-electron chi connectivity index (χ0n) is 18.2. The fraction of sp³-hybridized carbons (Fsp3) is 0.636. The molecule has 0 spiro atoms. The van der Waals surface area contributed by atoms with E-state index in [1.54, 1.807) is 21.5 Å². The molecule has 2 rings (SSSR count). The third-order valence-corrected chi connectivity index (χ3v) is 9.33. The minimum absolute atomic E-state index is 0. The molecular weight excluding hydrogens is 542 g/mol. The van der Waals surface area contributed by atoms with Crippen molar-refractivity contribution in [3.8, 4) is 0 Å². The monoisotopic (exact) mass is 576 g/mol. The molecule has 0 radical (unpaired) electrons. The van der Waals surface area contributed by atoms with Crippen molar-refractivity contribution in [1.82, 2.24) is 0 Å². The Balaban J connectivity index is 0. The van der Waals surface area contributed by atoms with E-state index in [9.17, 15) is 0 Å². The van der Waals surface area contributed by atoms with Gasteiger partial charge < -0.3 is 24.8 Å². The molecule has 0 bridgehead atoms. The topological polar surface area (TPSA) is 0 Å². The Bertz CT molecular complexity index is 595. The maximum atomic E-state index is 3.65. The molecule has 0 aromatic carbocycles. The molecule has 0 saturated heterocycles. The summed E-state index contributed by atoms with van der Waals surface area (Å²) in [5.74, 6) is 0. The molecule has 0 aromatic heterocycles. The third-order valence-electron chi connectivity index (χ3n) is 5.47. The smallest absolute Gasteiger partial charge is 1.00 e. The Morgan fingerprint density at radius 1 is 0.692 bits per heavy atom. The van der Waals surface area contributed by atoms with Crippen LogP contribution >= 0.6 is 0 Å². The van der Waals surface area contributed by atoms with Crippen LogP contribution in [0.25, 0.3) is 0 Å². The van der Waals surface area contributed by atoms with Crippen LogP contribution in [-0.2, 0) is 25.8 Å². The average molecular weight is 576 g/mol. The van der Waals surface area contributed by atoms with Crippen molar-refractivity contribution in [2.75, 3.05) is 0 Å². The summed E-state index contributed by atoms with van der Waals surface area (Å²) < 4.78 is 0. The predicted octanol–water partition coefficient (Wildman–Crippen LogP) is 0.770. The maximum Gasteiger partial charge on any atom is 4.00 e. The normalized spacial score (nSPS) is 18.1. The van der Waals surface area contributed by atoms with Gasteiger partial charge in [0.05, 0.1) is 0 Å². The van der Waals surface area contributed by atoms with E-state index < -0.39 is 8.07 Å². The minimum atomic E-state index is -1.75. The van der Waals surface area contributed by atoms with E-state index in [2.05, 4.69) is 80.6 Å². The second-order valence-electron chi connectivity index (χ2n) is 9.79. The molecule has 0 atom stereocenters. The summed E-state index contributed by atoms with van der Waals surface area (Å²) >= 11 is 0. The van der Waals surface area contributed by atoms with Crippen LogP contribution < -0.4 is 24.8 Å². The van der Waals surface area contributed by atoms with Gasteiger partial charge in [-0.2, -0.15) is 11.1 Å². The Kier molecular flexibility index (Phi) is 10.4. The summed E-state index contributed by atoms with van der Waals surface area (Å²) in [5.41, 5.74) is 6.51. The molecule has 26 heavy (non-hydrogen) atoms. The molecule has 0 saturated carbocycles. The zero-order valence-corrected chi connectivity index (χ0v) is 24.3. The molecule has 2 aliphatic carbocycles. The molecule has 0 aliphatic heterocycles. The van der Waals surface area contributed by atoms with Crippen LogP contribution in [0.5, 0.6) is 0 Å². The summed E-state index contributed by atoms with van der Waals surface area (Å²) in [6.07, 6.45) is 9.34. The first-order valence-electron chi connectivity index (χ1n) is 8.91. The van der Waals surface area contributed by atoms with Crippen molar-refractivity contribution in [3.05, 3.63) is 44.8 Å². The standard InChI is InChI=1S/C22H34Si.2ClH.Hf/c1-15-11-13-17(21(3,4)5)19(15)23(9,10)20-16(2)12-14-18(20)22(6,7)8;;;/h13-14H2,1-10H3;2*1H;/q-2;;;+4/p-2. The van der Waals surface area contributed by atoms with Crippen molar-refractivity contribution in [2.24, 2.45) is 10.8 Å². The number of hydrogen-bond acceptors (Lipinski definition) is 0. The van der Waals surface area contributed by atoms with Crippen molar-refractivity contribution < 1.29 is 50.7 Å². The summed E-state index contributed by atoms with van der Waals surface area (Å²) in [4.78, 5) is 0. The minimum Gasteiger partial charge on any atom is -1.00 e. The number of halogens is 2. The molecule has 0 heterocycles. The van der Waals surface area contributed by atoms with E-state index in [1.807, 2.05) is 0 Å². The van der Waals surface area contributed by atoms with E-state index in [4.69, 9.17) is 0 Å². The number of rotatable bonds is 2. The summed E-state index contributed by atoms with van der Waals surface area (Å²) in [6.45, 7) is 23.8. The molecule has 0 amide bonds. The van der Waals surface area contributed by atoms with Gasteiger partial charge in [0, 0.05) is 0 Å². The van der Waals surface area contributed by atoms with E-state index in [1.165, 1.54) is 11.1 Å². The van der Waals surface area contributed by atoms with Gasteiger partial charge in [0.1, 0.15) is 0 Å². The van der Waals surface area contributed by atoms with Crippen molar-refractivity contribution in [1.29, 1.82) is 0 Å². The van der Waals surface area contributed by atoms with Gasteiger partial charge in [0.15, 0.2) is 0 Å². The summed E-state index contributed by atoms with van der Waals surface area (Å²) in [7, 11) is -1.75. The Morgan fingerprint density at radius 3 is 1.19 bits per heavy atom. The van der Waals surface area contributed by atoms with Gasteiger partial charge in [-0.05, 0) is 10.8 Å².